The summed E-state index contributed by atoms with van der Waals surface area (Å²) in [6.45, 7) is 3.54. The number of hydrogen-bond donors (Lipinski definition) is 2. The molecule has 0 saturated heterocycles. The van der Waals surface area contributed by atoms with Crippen molar-refractivity contribution in [3.63, 3.8) is 0 Å². The van der Waals surface area contributed by atoms with Gasteiger partial charge in [-0.2, -0.15) is 0 Å². The molecule has 0 aliphatic heterocycles. The number of rotatable bonds is 6. The molecular weight excluding hydrogens is 390 g/mol. The second-order valence-electron chi connectivity index (χ2n) is 7.50. The van der Waals surface area contributed by atoms with E-state index < -0.39 is 23.8 Å². The number of ether oxygens (including phenoxy) is 1. The molecule has 29 heavy (non-hydrogen) atoms. The Bertz CT molecular complexity index is 890. The van der Waals surface area contributed by atoms with Gasteiger partial charge in [0.15, 0.2) is 0 Å². The Morgan fingerprint density at radius 2 is 1.76 bits per heavy atom. The highest BCUT2D eigenvalue weighted by molar-refractivity contribution is 7.15. The SMILES string of the molecule is CC(C)OC(=O)c1c(-c2ccccc2)csc1NC(=O)[C@@H]1CCCC[C@H]1C(=O)O. The first-order chi connectivity index (χ1) is 13.9. The Labute approximate surface area is 173 Å². The van der Waals surface area contributed by atoms with Crippen LogP contribution in [0.15, 0.2) is 35.7 Å². The van der Waals surface area contributed by atoms with Gasteiger partial charge in [0.05, 0.1) is 17.9 Å². The minimum Gasteiger partial charge on any atom is -0.481 e. The zero-order valence-corrected chi connectivity index (χ0v) is 17.3. The quantitative estimate of drug-likeness (QED) is 0.661. The van der Waals surface area contributed by atoms with Gasteiger partial charge in [0.25, 0.3) is 0 Å². The van der Waals surface area contributed by atoms with Gasteiger partial charge in [0.2, 0.25) is 5.91 Å². The molecule has 1 aliphatic carbocycles. The molecular formula is C22H25NO5S. The van der Waals surface area contributed by atoms with Crippen LogP contribution >= 0.6 is 11.3 Å². The van der Waals surface area contributed by atoms with E-state index in [2.05, 4.69) is 5.32 Å². The predicted molar refractivity (Wildman–Crippen MR) is 112 cm³/mol. The molecule has 2 atom stereocenters. The molecule has 1 saturated carbocycles. The van der Waals surface area contributed by atoms with E-state index in [1.54, 1.807) is 13.8 Å². The van der Waals surface area contributed by atoms with Gasteiger partial charge >= 0.3 is 11.9 Å². The summed E-state index contributed by atoms with van der Waals surface area (Å²) in [7, 11) is 0. The number of benzene rings is 1. The Balaban J connectivity index is 1.92. The van der Waals surface area contributed by atoms with Crippen LogP contribution in [0.25, 0.3) is 11.1 Å². The van der Waals surface area contributed by atoms with Crippen LogP contribution in [-0.4, -0.2) is 29.1 Å². The number of hydrogen-bond acceptors (Lipinski definition) is 5. The van der Waals surface area contributed by atoms with E-state index >= 15 is 0 Å². The summed E-state index contributed by atoms with van der Waals surface area (Å²) in [5.74, 6) is -3.09. The molecule has 154 valence electrons. The van der Waals surface area contributed by atoms with Gasteiger partial charge in [-0.1, -0.05) is 43.2 Å². The molecule has 0 bridgehead atoms. The van der Waals surface area contributed by atoms with E-state index in [-0.39, 0.29) is 12.0 Å². The van der Waals surface area contributed by atoms with Crippen molar-refractivity contribution in [2.45, 2.75) is 45.6 Å². The van der Waals surface area contributed by atoms with Crippen molar-refractivity contribution in [3.8, 4) is 11.1 Å². The molecule has 1 aromatic heterocycles. The van der Waals surface area contributed by atoms with Crippen molar-refractivity contribution in [3.05, 3.63) is 41.3 Å². The van der Waals surface area contributed by atoms with Crippen LogP contribution in [0.1, 0.15) is 49.9 Å². The van der Waals surface area contributed by atoms with Gasteiger partial charge in [-0.05, 0) is 32.3 Å². The standard InChI is InChI=1S/C22H25NO5S/c1-13(2)28-22(27)18-17(14-8-4-3-5-9-14)12-29-20(18)23-19(24)15-10-6-7-11-16(15)21(25)26/h3-5,8-9,12-13,15-16H,6-7,10-11H2,1-2H3,(H,23,24)(H,25,26)/t15-,16-/m1/s1. The number of esters is 1. The zero-order valence-electron chi connectivity index (χ0n) is 16.5. The highest BCUT2D eigenvalue weighted by atomic mass is 32.1. The molecule has 0 unspecified atom stereocenters. The molecule has 1 heterocycles. The lowest BCUT2D eigenvalue weighted by Crippen LogP contribution is -2.36. The van der Waals surface area contributed by atoms with Crippen LogP contribution in [0, 0.1) is 11.8 Å². The minimum atomic E-state index is -0.944. The monoisotopic (exact) mass is 415 g/mol. The van der Waals surface area contributed by atoms with Crippen molar-refractivity contribution in [2.75, 3.05) is 5.32 Å². The van der Waals surface area contributed by atoms with E-state index in [4.69, 9.17) is 4.74 Å². The third-order valence-corrected chi connectivity index (χ3v) is 5.97. The molecule has 7 heteroatoms. The lowest BCUT2D eigenvalue weighted by atomic mass is 9.79. The van der Waals surface area contributed by atoms with Crippen molar-refractivity contribution in [1.29, 1.82) is 0 Å². The van der Waals surface area contributed by atoms with E-state index in [0.717, 1.165) is 18.4 Å². The number of aliphatic carboxylic acids is 1. The smallest absolute Gasteiger partial charge is 0.342 e. The summed E-state index contributed by atoms with van der Waals surface area (Å²) < 4.78 is 5.41. The predicted octanol–water partition coefficient (Wildman–Crippen LogP) is 4.81. The number of nitrogens with one attached hydrogen (secondary N) is 1. The van der Waals surface area contributed by atoms with Crippen molar-refractivity contribution in [2.24, 2.45) is 11.8 Å². The van der Waals surface area contributed by atoms with Crippen LogP contribution < -0.4 is 5.32 Å². The summed E-state index contributed by atoms with van der Waals surface area (Å²) in [4.78, 5) is 37.3. The minimum absolute atomic E-state index is 0.302. The fourth-order valence-corrected chi connectivity index (χ4v) is 4.66. The topological polar surface area (TPSA) is 92.7 Å². The lowest BCUT2D eigenvalue weighted by molar-refractivity contribution is -0.147. The highest BCUT2D eigenvalue weighted by Gasteiger charge is 2.36. The van der Waals surface area contributed by atoms with Gasteiger partial charge in [0.1, 0.15) is 10.6 Å². The Kier molecular flexibility index (Phi) is 6.69. The second-order valence-corrected chi connectivity index (χ2v) is 8.38. The Morgan fingerprint density at radius 3 is 2.38 bits per heavy atom. The summed E-state index contributed by atoms with van der Waals surface area (Å²) in [5.41, 5.74) is 1.85. The second kappa shape index (κ2) is 9.22. The van der Waals surface area contributed by atoms with Crippen LogP contribution in [0.2, 0.25) is 0 Å². The Hall–Kier alpha value is -2.67. The number of carboxylic acid groups (broad SMARTS) is 1. The number of anilines is 1. The number of carboxylic acids is 1. The molecule has 0 spiro atoms. The largest absolute Gasteiger partial charge is 0.481 e. The zero-order chi connectivity index (χ0) is 21.0. The normalized spacial score (nSPS) is 19.0. The molecule has 1 amide bonds. The molecule has 3 rings (SSSR count). The molecule has 1 fully saturated rings. The molecule has 0 radical (unpaired) electrons. The molecule has 6 nitrogen and oxygen atoms in total. The fourth-order valence-electron chi connectivity index (χ4n) is 3.70. The third-order valence-electron chi connectivity index (χ3n) is 5.08. The number of amides is 1. The van der Waals surface area contributed by atoms with Gasteiger partial charge in [-0.3, -0.25) is 9.59 Å². The lowest BCUT2D eigenvalue weighted by Gasteiger charge is -2.27. The molecule has 2 N–H and O–H groups in total. The summed E-state index contributed by atoms with van der Waals surface area (Å²) in [5, 5.41) is 14.5. The maximum absolute atomic E-state index is 12.9. The number of thiophene rings is 1. The molecule has 1 aliphatic rings. The van der Waals surface area contributed by atoms with E-state index in [1.165, 1.54) is 11.3 Å². The molecule has 2 aromatic rings. The van der Waals surface area contributed by atoms with Crippen LogP contribution in [0.4, 0.5) is 5.00 Å². The first-order valence-corrected chi connectivity index (χ1v) is 10.7. The summed E-state index contributed by atoms with van der Waals surface area (Å²) >= 11 is 1.25. The third kappa shape index (κ3) is 4.85. The number of carbonyl (C=O) groups excluding carboxylic acids is 2. The highest BCUT2D eigenvalue weighted by Crippen LogP contribution is 2.38. The van der Waals surface area contributed by atoms with Gasteiger partial charge in [-0.25, -0.2) is 4.79 Å². The maximum atomic E-state index is 12.9. The van der Waals surface area contributed by atoms with E-state index in [9.17, 15) is 19.5 Å². The van der Waals surface area contributed by atoms with E-state index in [1.807, 2.05) is 35.7 Å². The summed E-state index contributed by atoms with van der Waals surface area (Å²) in [6, 6.07) is 9.42. The van der Waals surface area contributed by atoms with E-state index in [0.29, 0.717) is 29.0 Å². The average Bonchev–Trinajstić information content (AvgIpc) is 3.11. The Morgan fingerprint density at radius 1 is 1.10 bits per heavy atom. The van der Waals surface area contributed by atoms with Crippen molar-refractivity contribution in [1.82, 2.24) is 0 Å². The first-order valence-electron chi connectivity index (χ1n) is 9.80. The maximum Gasteiger partial charge on any atom is 0.342 e. The van der Waals surface area contributed by atoms with Crippen LogP contribution in [-0.2, 0) is 14.3 Å². The average molecular weight is 416 g/mol. The van der Waals surface area contributed by atoms with Crippen LogP contribution in [0.3, 0.4) is 0 Å². The van der Waals surface area contributed by atoms with Crippen molar-refractivity contribution >= 4 is 34.2 Å². The number of carbonyl (C=O) groups is 3. The van der Waals surface area contributed by atoms with Crippen molar-refractivity contribution < 1.29 is 24.2 Å². The molecule has 1 aromatic carbocycles. The van der Waals surface area contributed by atoms with Crippen LogP contribution in [0.5, 0.6) is 0 Å². The van der Waals surface area contributed by atoms with Gasteiger partial charge < -0.3 is 15.2 Å². The van der Waals surface area contributed by atoms with Gasteiger partial charge in [-0.15, -0.1) is 11.3 Å². The first kappa shape index (κ1) is 21.0. The van der Waals surface area contributed by atoms with Gasteiger partial charge in [0, 0.05) is 10.9 Å². The fraction of sp³-hybridized carbons (Fsp3) is 0.409. The summed E-state index contributed by atoms with van der Waals surface area (Å²) in [6.07, 6.45) is 2.36.